The van der Waals surface area contributed by atoms with E-state index in [9.17, 15) is 10.2 Å². The van der Waals surface area contributed by atoms with Gasteiger partial charge in [0.05, 0.1) is 5.60 Å². The van der Waals surface area contributed by atoms with Crippen molar-refractivity contribution in [3.63, 3.8) is 0 Å². The number of phenols is 1. The van der Waals surface area contributed by atoms with Crippen LogP contribution in [0.25, 0.3) is 0 Å². The van der Waals surface area contributed by atoms with Crippen LogP contribution in [-0.4, -0.2) is 15.8 Å². The minimum Gasteiger partial charge on any atom is -0.508 e. The SMILES string of the molecule is C=C1[C@](C)(O)CC[C@@]1(C)c1cc(Br)c(C)cc1O. The Balaban J connectivity index is 2.56. The monoisotopic (exact) mass is 310 g/mol. The molecule has 0 aromatic heterocycles. The maximum absolute atomic E-state index is 10.3. The Kier molecular flexibility index (Phi) is 3.11. The first-order valence-electron chi connectivity index (χ1n) is 6.10. The van der Waals surface area contributed by atoms with Gasteiger partial charge in [-0.15, -0.1) is 0 Å². The molecule has 2 atom stereocenters. The molecule has 0 bridgehead atoms. The average molecular weight is 311 g/mol. The molecule has 0 unspecified atom stereocenters. The van der Waals surface area contributed by atoms with Crippen LogP contribution in [0.5, 0.6) is 5.75 Å². The molecule has 0 amide bonds. The van der Waals surface area contributed by atoms with E-state index in [4.69, 9.17) is 0 Å². The Bertz CT molecular complexity index is 519. The number of phenolic OH excluding ortho intramolecular Hbond substituents is 1. The molecule has 0 aliphatic heterocycles. The summed E-state index contributed by atoms with van der Waals surface area (Å²) in [7, 11) is 0. The zero-order chi connectivity index (χ0) is 13.7. The number of aryl methyl sites for hydroxylation is 1. The first kappa shape index (κ1) is 13.6. The van der Waals surface area contributed by atoms with Gasteiger partial charge >= 0.3 is 0 Å². The van der Waals surface area contributed by atoms with E-state index in [1.165, 1.54) is 0 Å². The van der Waals surface area contributed by atoms with Gasteiger partial charge < -0.3 is 10.2 Å². The van der Waals surface area contributed by atoms with Crippen molar-refractivity contribution in [3.8, 4) is 5.75 Å². The molecule has 0 saturated heterocycles. The topological polar surface area (TPSA) is 40.5 Å². The summed E-state index contributed by atoms with van der Waals surface area (Å²) in [5.74, 6) is 0.275. The van der Waals surface area contributed by atoms with Crippen molar-refractivity contribution in [3.05, 3.63) is 39.9 Å². The van der Waals surface area contributed by atoms with E-state index < -0.39 is 5.60 Å². The number of rotatable bonds is 1. The van der Waals surface area contributed by atoms with Gasteiger partial charge in [0.15, 0.2) is 0 Å². The van der Waals surface area contributed by atoms with E-state index >= 15 is 0 Å². The number of hydrogen-bond acceptors (Lipinski definition) is 2. The number of aliphatic hydroxyl groups is 1. The summed E-state index contributed by atoms with van der Waals surface area (Å²) in [5.41, 5.74) is 1.39. The molecule has 1 fully saturated rings. The van der Waals surface area contributed by atoms with Crippen LogP contribution in [0.4, 0.5) is 0 Å². The maximum Gasteiger partial charge on any atom is 0.119 e. The molecule has 1 aromatic carbocycles. The van der Waals surface area contributed by atoms with E-state index in [-0.39, 0.29) is 11.2 Å². The lowest BCUT2D eigenvalue weighted by Gasteiger charge is -2.30. The van der Waals surface area contributed by atoms with Crippen LogP contribution in [-0.2, 0) is 5.41 Å². The zero-order valence-corrected chi connectivity index (χ0v) is 12.6. The predicted octanol–water partition coefficient (Wildman–Crippen LogP) is 3.82. The van der Waals surface area contributed by atoms with Crippen molar-refractivity contribution in [2.45, 2.75) is 44.6 Å². The molecule has 18 heavy (non-hydrogen) atoms. The van der Waals surface area contributed by atoms with Gasteiger partial charge in [0.1, 0.15) is 5.75 Å². The molecule has 0 spiro atoms. The molecule has 0 heterocycles. The van der Waals surface area contributed by atoms with Crippen LogP contribution in [0.15, 0.2) is 28.8 Å². The van der Waals surface area contributed by atoms with Crippen LogP contribution >= 0.6 is 15.9 Å². The summed E-state index contributed by atoms with van der Waals surface area (Å²) in [6.07, 6.45) is 1.47. The first-order chi connectivity index (χ1) is 8.18. The van der Waals surface area contributed by atoms with Gasteiger partial charge in [-0.2, -0.15) is 0 Å². The Morgan fingerprint density at radius 3 is 2.39 bits per heavy atom. The molecule has 3 heteroatoms. The highest BCUT2D eigenvalue weighted by atomic mass is 79.9. The molecular weight excluding hydrogens is 292 g/mol. The lowest BCUT2D eigenvalue weighted by molar-refractivity contribution is 0.105. The van der Waals surface area contributed by atoms with Crippen molar-refractivity contribution < 1.29 is 10.2 Å². The largest absolute Gasteiger partial charge is 0.508 e. The molecule has 1 aromatic rings. The molecule has 1 saturated carbocycles. The second-order valence-corrected chi connectivity index (χ2v) is 6.56. The number of aromatic hydroxyl groups is 1. The van der Waals surface area contributed by atoms with Gasteiger partial charge in [-0.1, -0.05) is 29.4 Å². The molecule has 1 aliphatic carbocycles. The average Bonchev–Trinajstić information content (AvgIpc) is 2.49. The second kappa shape index (κ2) is 4.10. The fourth-order valence-corrected chi connectivity index (χ4v) is 3.14. The van der Waals surface area contributed by atoms with Crippen LogP contribution in [0.2, 0.25) is 0 Å². The minimum absolute atomic E-state index is 0.275. The lowest BCUT2D eigenvalue weighted by Crippen LogP contribution is -2.28. The van der Waals surface area contributed by atoms with Gasteiger partial charge in [0.2, 0.25) is 0 Å². The van der Waals surface area contributed by atoms with Gasteiger partial charge in [-0.25, -0.2) is 0 Å². The first-order valence-corrected chi connectivity index (χ1v) is 6.89. The quantitative estimate of drug-likeness (QED) is 0.774. The van der Waals surface area contributed by atoms with Crippen LogP contribution < -0.4 is 0 Å². The third-order valence-corrected chi connectivity index (χ3v) is 5.15. The van der Waals surface area contributed by atoms with E-state index in [1.807, 2.05) is 19.9 Å². The predicted molar refractivity (Wildman–Crippen MR) is 76.9 cm³/mol. The van der Waals surface area contributed by atoms with Crippen LogP contribution in [0, 0.1) is 6.92 Å². The Labute approximate surface area is 116 Å². The smallest absolute Gasteiger partial charge is 0.119 e. The molecule has 1 aliphatic rings. The van der Waals surface area contributed by atoms with Gasteiger partial charge in [0, 0.05) is 15.5 Å². The van der Waals surface area contributed by atoms with Gasteiger partial charge in [-0.3, -0.25) is 0 Å². The molecule has 2 nitrogen and oxygen atoms in total. The summed E-state index contributed by atoms with van der Waals surface area (Å²) >= 11 is 3.50. The van der Waals surface area contributed by atoms with Gasteiger partial charge in [-0.05, 0) is 50.0 Å². The second-order valence-electron chi connectivity index (χ2n) is 5.70. The van der Waals surface area contributed by atoms with E-state index in [1.54, 1.807) is 13.0 Å². The van der Waals surface area contributed by atoms with E-state index in [2.05, 4.69) is 22.5 Å². The third kappa shape index (κ3) is 1.90. The normalized spacial score (nSPS) is 31.9. The van der Waals surface area contributed by atoms with Crippen molar-refractivity contribution in [1.29, 1.82) is 0 Å². The maximum atomic E-state index is 10.3. The van der Waals surface area contributed by atoms with Crippen molar-refractivity contribution in [2.75, 3.05) is 0 Å². The summed E-state index contributed by atoms with van der Waals surface area (Å²) in [6, 6.07) is 3.70. The fraction of sp³-hybridized carbons (Fsp3) is 0.467. The highest BCUT2D eigenvalue weighted by Crippen LogP contribution is 2.52. The number of hydrogen-bond donors (Lipinski definition) is 2. The zero-order valence-electron chi connectivity index (χ0n) is 11.0. The summed E-state index contributed by atoms with van der Waals surface area (Å²) in [5, 5.41) is 20.5. The standard InChI is InChI=1S/C15H19BrO2/c1-9-7-13(17)11(8-12(9)16)14(3)5-6-15(4,18)10(14)2/h7-8,17-18H,2,5-6H2,1,3-4H3/t14-,15-/m1/s1. The van der Waals surface area contributed by atoms with Crippen molar-refractivity contribution >= 4 is 15.9 Å². The van der Waals surface area contributed by atoms with Crippen molar-refractivity contribution in [2.24, 2.45) is 0 Å². The lowest BCUT2D eigenvalue weighted by atomic mass is 9.76. The minimum atomic E-state index is -0.849. The third-order valence-electron chi connectivity index (χ3n) is 4.30. The Hall–Kier alpha value is -0.800. The molecular formula is C15H19BrO2. The number of benzene rings is 1. The molecule has 2 rings (SSSR count). The van der Waals surface area contributed by atoms with Crippen LogP contribution in [0.1, 0.15) is 37.8 Å². The summed E-state index contributed by atoms with van der Waals surface area (Å²) in [6.45, 7) is 9.82. The fourth-order valence-electron chi connectivity index (χ4n) is 2.79. The van der Waals surface area contributed by atoms with E-state index in [0.717, 1.165) is 27.6 Å². The molecule has 2 N–H and O–H groups in total. The van der Waals surface area contributed by atoms with E-state index in [0.29, 0.717) is 6.42 Å². The number of halogens is 1. The summed E-state index contributed by atoms with van der Waals surface area (Å²) in [4.78, 5) is 0. The van der Waals surface area contributed by atoms with Crippen LogP contribution in [0.3, 0.4) is 0 Å². The molecule has 98 valence electrons. The highest BCUT2D eigenvalue weighted by molar-refractivity contribution is 9.10. The van der Waals surface area contributed by atoms with Crippen molar-refractivity contribution in [1.82, 2.24) is 0 Å². The molecule has 0 radical (unpaired) electrons. The Morgan fingerprint density at radius 1 is 1.28 bits per heavy atom. The Morgan fingerprint density at radius 2 is 1.89 bits per heavy atom. The van der Waals surface area contributed by atoms with Gasteiger partial charge in [0.25, 0.3) is 0 Å². The highest BCUT2D eigenvalue weighted by Gasteiger charge is 2.47. The summed E-state index contributed by atoms with van der Waals surface area (Å²) < 4.78 is 0.968.